The lowest BCUT2D eigenvalue weighted by atomic mass is 10.0. The molecule has 0 aliphatic heterocycles. The molecule has 0 heterocycles. The minimum atomic E-state index is -1.39. The van der Waals surface area contributed by atoms with Crippen LogP contribution in [-0.2, 0) is 16.0 Å². The van der Waals surface area contributed by atoms with Crippen LogP contribution >= 0.6 is 0 Å². The van der Waals surface area contributed by atoms with Crippen LogP contribution in [0.5, 0.6) is 0 Å². The van der Waals surface area contributed by atoms with Gasteiger partial charge in [0.25, 0.3) is 5.91 Å². The summed E-state index contributed by atoms with van der Waals surface area (Å²) in [6.07, 6.45) is 0.172. The molecular formula is C16H21NO5. The largest absolute Gasteiger partial charge is 0.481 e. The zero-order valence-corrected chi connectivity index (χ0v) is 12.9. The summed E-state index contributed by atoms with van der Waals surface area (Å²) >= 11 is 0. The van der Waals surface area contributed by atoms with Gasteiger partial charge in [-0.2, -0.15) is 0 Å². The van der Waals surface area contributed by atoms with Crippen molar-refractivity contribution in [3.63, 3.8) is 0 Å². The Morgan fingerprint density at radius 1 is 1.18 bits per heavy atom. The molecule has 22 heavy (non-hydrogen) atoms. The van der Waals surface area contributed by atoms with Crippen molar-refractivity contribution in [2.75, 3.05) is 7.05 Å². The Morgan fingerprint density at radius 2 is 1.82 bits per heavy atom. The molecule has 0 saturated heterocycles. The van der Waals surface area contributed by atoms with Gasteiger partial charge < -0.3 is 15.1 Å². The molecule has 0 fully saturated rings. The molecule has 0 aliphatic rings. The van der Waals surface area contributed by atoms with E-state index in [4.69, 9.17) is 10.2 Å². The van der Waals surface area contributed by atoms with E-state index in [9.17, 15) is 14.4 Å². The second-order valence-corrected chi connectivity index (χ2v) is 5.67. The quantitative estimate of drug-likeness (QED) is 0.802. The summed E-state index contributed by atoms with van der Waals surface area (Å²) in [6, 6.07) is 5.58. The van der Waals surface area contributed by atoms with Gasteiger partial charge in [0, 0.05) is 12.6 Å². The van der Waals surface area contributed by atoms with Crippen LogP contribution < -0.4 is 0 Å². The second kappa shape index (κ2) is 7.59. The Morgan fingerprint density at radius 3 is 2.32 bits per heavy atom. The van der Waals surface area contributed by atoms with Crippen LogP contribution in [0, 0.1) is 5.92 Å². The van der Waals surface area contributed by atoms with Gasteiger partial charge in [-0.1, -0.05) is 26.0 Å². The van der Waals surface area contributed by atoms with Crippen molar-refractivity contribution in [3.8, 4) is 0 Å². The molecular weight excluding hydrogens is 286 g/mol. The van der Waals surface area contributed by atoms with Gasteiger partial charge in [-0.3, -0.25) is 9.59 Å². The van der Waals surface area contributed by atoms with E-state index in [1.807, 2.05) is 6.07 Å². The number of likely N-dealkylation sites (N-methyl/N-ethyl adjacent to an activating group) is 1. The normalized spacial score (nSPS) is 12.0. The van der Waals surface area contributed by atoms with Crippen LogP contribution in [0.3, 0.4) is 0 Å². The molecule has 0 aromatic heterocycles. The predicted molar refractivity (Wildman–Crippen MR) is 80.8 cm³/mol. The van der Waals surface area contributed by atoms with Gasteiger partial charge in [0.1, 0.15) is 6.04 Å². The average molecular weight is 307 g/mol. The second-order valence-electron chi connectivity index (χ2n) is 5.67. The molecule has 0 unspecified atom stereocenters. The van der Waals surface area contributed by atoms with Crippen LogP contribution in [0.15, 0.2) is 24.3 Å². The van der Waals surface area contributed by atoms with Crippen molar-refractivity contribution in [1.29, 1.82) is 0 Å². The van der Waals surface area contributed by atoms with E-state index >= 15 is 0 Å². The number of nitrogens with zero attached hydrogens (tertiary/aromatic N) is 1. The molecule has 2 N–H and O–H groups in total. The van der Waals surface area contributed by atoms with Crippen LogP contribution in [0.1, 0.15) is 36.2 Å². The molecule has 1 amide bonds. The van der Waals surface area contributed by atoms with Gasteiger partial charge in [-0.25, -0.2) is 4.79 Å². The molecule has 0 spiro atoms. The number of benzene rings is 1. The maximum atomic E-state index is 12.4. The first-order valence-electron chi connectivity index (χ1n) is 7.03. The number of carboxylic acid groups (broad SMARTS) is 2. The molecule has 6 heteroatoms. The highest BCUT2D eigenvalue weighted by Gasteiger charge is 2.29. The summed E-state index contributed by atoms with van der Waals surface area (Å²) in [6.45, 7) is 4.13. The zero-order chi connectivity index (χ0) is 16.9. The molecule has 1 aromatic carbocycles. The smallest absolute Gasteiger partial charge is 0.327 e. The first-order valence-corrected chi connectivity index (χ1v) is 7.03. The number of carbonyl (C=O) groups is 3. The number of carbonyl (C=O) groups excluding carboxylic acids is 1. The fraction of sp³-hybridized carbons (Fsp3) is 0.438. The lowest BCUT2D eigenvalue weighted by Gasteiger charge is -2.24. The maximum absolute atomic E-state index is 12.4. The Kier molecular flexibility index (Phi) is 6.10. The number of amides is 1. The van der Waals surface area contributed by atoms with Crippen LogP contribution in [0.25, 0.3) is 0 Å². The molecule has 1 atom stereocenters. The van der Waals surface area contributed by atoms with Crippen molar-refractivity contribution in [2.24, 2.45) is 5.92 Å². The van der Waals surface area contributed by atoms with Crippen LogP contribution in [0.4, 0.5) is 0 Å². The zero-order valence-electron chi connectivity index (χ0n) is 12.9. The number of hydrogen-bond donors (Lipinski definition) is 2. The number of aliphatic carboxylic acids is 2. The van der Waals surface area contributed by atoms with Gasteiger partial charge in [0.15, 0.2) is 0 Å². The van der Waals surface area contributed by atoms with E-state index in [1.165, 1.54) is 7.05 Å². The molecule has 120 valence electrons. The van der Waals surface area contributed by atoms with Gasteiger partial charge in [-0.15, -0.1) is 0 Å². The van der Waals surface area contributed by atoms with Crippen molar-refractivity contribution >= 4 is 17.8 Å². The summed E-state index contributed by atoms with van der Waals surface area (Å²) in [5.41, 5.74) is 1.34. The van der Waals surface area contributed by atoms with Crippen molar-refractivity contribution < 1.29 is 24.6 Å². The summed E-state index contributed by atoms with van der Waals surface area (Å²) in [7, 11) is 1.30. The third kappa shape index (κ3) is 4.87. The molecule has 0 aliphatic carbocycles. The van der Waals surface area contributed by atoms with Crippen molar-refractivity contribution in [2.45, 2.75) is 32.7 Å². The Labute approximate surface area is 129 Å². The van der Waals surface area contributed by atoms with E-state index in [-0.39, 0.29) is 0 Å². The molecule has 0 radical (unpaired) electrons. The minimum absolute atomic E-state index is 0.359. The minimum Gasteiger partial charge on any atom is -0.481 e. The van der Waals surface area contributed by atoms with E-state index in [0.717, 1.165) is 16.9 Å². The highest BCUT2D eigenvalue weighted by atomic mass is 16.4. The average Bonchev–Trinajstić information content (AvgIpc) is 2.42. The number of rotatable bonds is 7. The molecule has 0 saturated carbocycles. The van der Waals surface area contributed by atoms with Crippen molar-refractivity contribution in [3.05, 3.63) is 35.4 Å². The summed E-state index contributed by atoms with van der Waals surface area (Å²) < 4.78 is 0. The topological polar surface area (TPSA) is 94.9 Å². The van der Waals surface area contributed by atoms with E-state index in [0.29, 0.717) is 11.5 Å². The first kappa shape index (κ1) is 17.7. The SMILES string of the molecule is CC(C)Cc1cccc(C(=O)N(C)[C@@H](CC(=O)O)C(=O)O)c1. The summed E-state index contributed by atoms with van der Waals surface area (Å²) in [4.78, 5) is 35.3. The Hall–Kier alpha value is -2.37. The van der Waals surface area contributed by atoms with Gasteiger partial charge in [-0.05, 0) is 30.0 Å². The van der Waals surface area contributed by atoms with Crippen LogP contribution in [-0.4, -0.2) is 46.0 Å². The van der Waals surface area contributed by atoms with Gasteiger partial charge in [0.2, 0.25) is 0 Å². The Bertz CT molecular complexity index is 567. The number of hydrogen-bond acceptors (Lipinski definition) is 3. The fourth-order valence-corrected chi connectivity index (χ4v) is 2.20. The molecule has 1 aromatic rings. The van der Waals surface area contributed by atoms with E-state index < -0.39 is 30.3 Å². The van der Waals surface area contributed by atoms with Gasteiger partial charge in [0.05, 0.1) is 6.42 Å². The fourth-order valence-electron chi connectivity index (χ4n) is 2.20. The predicted octanol–water partition coefficient (Wildman–Crippen LogP) is 1.89. The standard InChI is InChI=1S/C16H21NO5/c1-10(2)7-11-5-4-6-12(8-11)15(20)17(3)13(16(21)22)9-14(18)19/h4-6,8,10,13H,7,9H2,1-3H3,(H,18,19)(H,21,22)/t13-/m0/s1. The number of carboxylic acids is 2. The monoisotopic (exact) mass is 307 g/mol. The third-order valence-electron chi connectivity index (χ3n) is 3.26. The Balaban J connectivity index is 2.98. The molecule has 1 rings (SSSR count). The van der Waals surface area contributed by atoms with E-state index in [1.54, 1.807) is 18.2 Å². The van der Waals surface area contributed by atoms with Crippen LogP contribution in [0.2, 0.25) is 0 Å². The highest BCUT2D eigenvalue weighted by molar-refractivity contribution is 5.97. The maximum Gasteiger partial charge on any atom is 0.327 e. The first-order chi connectivity index (χ1) is 10.2. The molecule has 6 nitrogen and oxygen atoms in total. The lowest BCUT2D eigenvalue weighted by Crippen LogP contribution is -2.43. The summed E-state index contributed by atoms with van der Waals surface area (Å²) in [5.74, 6) is -2.67. The highest BCUT2D eigenvalue weighted by Crippen LogP contribution is 2.14. The van der Waals surface area contributed by atoms with E-state index in [2.05, 4.69) is 13.8 Å². The lowest BCUT2D eigenvalue weighted by molar-refractivity contribution is -0.148. The third-order valence-corrected chi connectivity index (χ3v) is 3.26. The molecule has 0 bridgehead atoms. The summed E-state index contributed by atoms with van der Waals surface area (Å²) in [5, 5.41) is 17.9. The van der Waals surface area contributed by atoms with Gasteiger partial charge >= 0.3 is 11.9 Å². The van der Waals surface area contributed by atoms with Crippen molar-refractivity contribution in [1.82, 2.24) is 4.90 Å².